The van der Waals surface area contributed by atoms with Gasteiger partial charge in [0.05, 0.1) is 5.69 Å². The van der Waals surface area contributed by atoms with Gasteiger partial charge in [-0.05, 0) is 56.4 Å². The van der Waals surface area contributed by atoms with Gasteiger partial charge in [0.25, 0.3) is 0 Å². The van der Waals surface area contributed by atoms with Gasteiger partial charge in [-0.3, -0.25) is 4.79 Å². The zero-order chi connectivity index (χ0) is 22.3. The number of rotatable bonds is 7. The lowest BCUT2D eigenvalue weighted by molar-refractivity contribution is -0.120. The Balaban J connectivity index is 1.33. The molecule has 1 aliphatic heterocycles. The van der Waals surface area contributed by atoms with E-state index in [1.54, 1.807) is 6.33 Å². The van der Waals surface area contributed by atoms with Gasteiger partial charge in [-0.25, -0.2) is 9.97 Å². The Morgan fingerprint density at radius 2 is 1.84 bits per heavy atom. The molecule has 0 unspecified atom stereocenters. The third-order valence-electron chi connectivity index (χ3n) is 6.20. The molecule has 5 heteroatoms. The summed E-state index contributed by atoms with van der Waals surface area (Å²) in [5.41, 5.74) is 5.46. The van der Waals surface area contributed by atoms with Crippen LogP contribution in [0.1, 0.15) is 43.7 Å². The molecule has 1 saturated heterocycles. The summed E-state index contributed by atoms with van der Waals surface area (Å²) in [4.78, 5) is 24.0. The maximum atomic E-state index is 12.8. The summed E-state index contributed by atoms with van der Waals surface area (Å²) in [5.74, 6) is 1.08. The monoisotopic (exact) mass is 428 g/mol. The Morgan fingerprint density at radius 1 is 1.06 bits per heavy atom. The molecule has 0 bridgehead atoms. The number of aromatic nitrogens is 2. The number of unbranched alkanes of at least 4 members (excludes halogenated alkanes) is 1. The summed E-state index contributed by atoms with van der Waals surface area (Å²) in [6.45, 7) is 5.92. The van der Waals surface area contributed by atoms with E-state index in [1.165, 1.54) is 24.0 Å². The number of carbonyl (C=O) groups excluding carboxylic acids is 1. The Bertz CT molecular complexity index is 1040. The van der Waals surface area contributed by atoms with E-state index in [-0.39, 0.29) is 11.8 Å². The van der Waals surface area contributed by atoms with E-state index in [0.717, 1.165) is 55.1 Å². The molecule has 166 valence electrons. The van der Waals surface area contributed by atoms with E-state index < -0.39 is 0 Å². The van der Waals surface area contributed by atoms with Crippen molar-refractivity contribution in [3.05, 3.63) is 72.1 Å². The summed E-state index contributed by atoms with van der Waals surface area (Å²) >= 11 is 0. The number of carbonyl (C=O) groups is 1. The van der Waals surface area contributed by atoms with Gasteiger partial charge in [-0.2, -0.15) is 0 Å². The molecular formula is C27H32N4O. The van der Waals surface area contributed by atoms with Gasteiger partial charge in [0.15, 0.2) is 0 Å². The summed E-state index contributed by atoms with van der Waals surface area (Å²) in [6, 6.07) is 18.7. The van der Waals surface area contributed by atoms with Crippen molar-refractivity contribution in [3.63, 3.8) is 0 Å². The van der Waals surface area contributed by atoms with Crippen LogP contribution in [0.4, 0.5) is 11.5 Å². The summed E-state index contributed by atoms with van der Waals surface area (Å²) in [6.07, 6.45) is 6.77. The van der Waals surface area contributed by atoms with Crippen LogP contribution in [0.2, 0.25) is 0 Å². The molecule has 0 saturated carbocycles. The van der Waals surface area contributed by atoms with E-state index in [0.29, 0.717) is 0 Å². The number of aryl methyl sites for hydroxylation is 2. The third kappa shape index (κ3) is 5.52. The summed E-state index contributed by atoms with van der Waals surface area (Å²) in [5, 5.41) is 3.10. The highest BCUT2D eigenvalue weighted by Gasteiger charge is 2.26. The molecule has 0 aliphatic carbocycles. The van der Waals surface area contributed by atoms with Crippen molar-refractivity contribution in [2.75, 3.05) is 23.3 Å². The van der Waals surface area contributed by atoms with Gasteiger partial charge >= 0.3 is 0 Å². The van der Waals surface area contributed by atoms with Crippen molar-refractivity contribution in [2.45, 2.75) is 46.0 Å². The molecule has 1 fully saturated rings. The van der Waals surface area contributed by atoms with Crippen LogP contribution in [-0.2, 0) is 11.2 Å². The molecule has 2 aromatic carbocycles. The van der Waals surface area contributed by atoms with Crippen molar-refractivity contribution in [3.8, 4) is 11.3 Å². The lowest BCUT2D eigenvalue weighted by Gasteiger charge is -2.32. The van der Waals surface area contributed by atoms with Crippen LogP contribution in [0.15, 0.2) is 60.9 Å². The number of anilines is 2. The Labute approximate surface area is 190 Å². The number of benzene rings is 2. The number of piperidine rings is 1. The Morgan fingerprint density at radius 3 is 2.56 bits per heavy atom. The molecule has 32 heavy (non-hydrogen) atoms. The fourth-order valence-corrected chi connectivity index (χ4v) is 4.23. The summed E-state index contributed by atoms with van der Waals surface area (Å²) in [7, 11) is 0. The van der Waals surface area contributed by atoms with E-state index in [9.17, 15) is 4.79 Å². The van der Waals surface area contributed by atoms with Crippen molar-refractivity contribution in [1.29, 1.82) is 0 Å². The summed E-state index contributed by atoms with van der Waals surface area (Å²) < 4.78 is 0. The van der Waals surface area contributed by atoms with Gasteiger partial charge < -0.3 is 10.2 Å². The van der Waals surface area contributed by atoms with E-state index in [2.05, 4.69) is 76.5 Å². The lowest BCUT2D eigenvalue weighted by Crippen LogP contribution is -2.38. The fraction of sp³-hybridized carbons (Fsp3) is 0.370. The minimum absolute atomic E-state index is 0.0316. The van der Waals surface area contributed by atoms with Gasteiger partial charge in [-0.15, -0.1) is 0 Å². The Kier molecular flexibility index (Phi) is 7.15. The second-order valence-electron chi connectivity index (χ2n) is 8.68. The van der Waals surface area contributed by atoms with E-state index in [1.807, 2.05) is 12.1 Å². The number of hydrogen-bond donors (Lipinski definition) is 1. The van der Waals surface area contributed by atoms with Crippen molar-refractivity contribution >= 4 is 17.4 Å². The van der Waals surface area contributed by atoms with Crippen molar-refractivity contribution < 1.29 is 4.79 Å². The van der Waals surface area contributed by atoms with Crippen molar-refractivity contribution in [2.24, 2.45) is 5.92 Å². The van der Waals surface area contributed by atoms with Crippen LogP contribution in [0, 0.1) is 12.8 Å². The SMILES string of the molecule is CCCCc1ccc(NC(=O)C2CCN(c3cc(-c4cccc(C)c4)ncn3)CC2)cc1. The zero-order valence-electron chi connectivity index (χ0n) is 19.1. The van der Waals surface area contributed by atoms with Gasteiger partial charge in [0.1, 0.15) is 12.1 Å². The second-order valence-corrected chi connectivity index (χ2v) is 8.68. The zero-order valence-corrected chi connectivity index (χ0v) is 19.1. The average molecular weight is 429 g/mol. The molecule has 0 spiro atoms. The first kappa shape index (κ1) is 22.0. The first-order chi connectivity index (χ1) is 15.6. The van der Waals surface area contributed by atoms with Crippen LogP contribution in [0.5, 0.6) is 0 Å². The van der Waals surface area contributed by atoms with E-state index in [4.69, 9.17) is 0 Å². The van der Waals surface area contributed by atoms with Gasteiger partial charge in [0, 0.05) is 36.3 Å². The minimum atomic E-state index is 0.0316. The molecule has 1 aliphatic rings. The van der Waals surface area contributed by atoms with E-state index >= 15 is 0 Å². The highest BCUT2D eigenvalue weighted by Crippen LogP contribution is 2.26. The third-order valence-corrected chi connectivity index (χ3v) is 6.20. The quantitative estimate of drug-likeness (QED) is 0.528. The molecule has 3 aromatic rings. The van der Waals surface area contributed by atoms with Crippen LogP contribution in [0.3, 0.4) is 0 Å². The molecule has 4 rings (SSSR count). The normalized spacial score (nSPS) is 14.4. The number of hydrogen-bond acceptors (Lipinski definition) is 4. The number of nitrogens with zero attached hydrogens (tertiary/aromatic N) is 3. The molecule has 2 heterocycles. The fourth-order valence-electron chi connectivity index (χ4n) is 4.23. The topological polar surface area (TPSA) is 58.1 Å². The standard InChI is InChI=1S/C27H32N4O/c1-3-4-7-21-9-11-24(12-10-21)30-27(32)22-13-15-31(16-14-22)26-18-25(28-19-29-26)23-8-5-6-20(2)17-23/h5-6,8-12,17-19,22H,3-4,7,13-16H2,1-2H3,(H,30,32). The van der Waals surface area contributed by atoms with Crippen LogP contribution < -0.4 is 10.2 Å². The first-order valence-corrected chi connectivity index (χ1v) is 11.7. The highest BCUT2D eigenvalue weighted by atomic mass is 16.1. The predicted octanol–water partition coefficient (Wildman–Crippen LogP) is 5.65. The number of nitrogens with one attached hydrogen (secondary N) is 1. The van der Waals surface area contributed by atoms with Gasteiger partial charge in [-0.1, -0.05) is 49.2 Å². The van der Waals surface area contributed by atoms with Crippen molar-refractivity contribution in [1.82, 2.24) is 9.97 Å². The highest BCUT2D eigenvalue weighted by molar-refractivity contribution is 5.92. The average Bonchev–Trinajstić information content (AvgIpc) is 2.84. The maximum absolute atomic E-state index is 12.8. The molecule has 0 atom stereocenters. The molecule has 0 radical (unpaired) electrons. The van der Waals surface area contributed by atoms with Gasteiger partial charge in [0.2, 0.25) is 5.91 Å². The lowest BCUT2D eigenvalue weighted by atomic mass is 9.95. The Hall–Kier alpha value is -3.21. The second kappa shape index (κ2) is 10.4. The maximum Gasteiger partial charge on any atom is 0.227 e. The molecule has 1 aromatic heterocycles. The van der Waals surface area contributed by atoms with Crippen LogP contribution >= 0.6 is 0 Å². The van der Waals surface area contributed by atoms with Crippen LogP contribution in [0.25, 0.3) is 11.3 Å². The molecule has 5 nitrogen and oxygen atoms in total. The largest absolute Gasteiger partial charge is 0.356 e. The van der Waals surface area contributed by atoms with Crippen LogP contribution in [-0.4, -0.2) is 29.0 Å². The minimum Gasteiger partial charge on any atom is -0.356 e. The first-order valence-electron chi connectivity index (χ1n) is 11.7. The smallest absolute Gasteiger partial charge is 0.227 e. The predicted molar refractivity (Wildman–Crippen MR) is 131 cm³/mol. The molecule has 1 N–H and O–H groups in total. The number of amides is 1. The molecular weight excluding hydrogens is 396 g/mol. The molecule has 1 amide bonds.